The minimum Gasteiger partial charge on any atom is -0.344 e. The lowest BCUT2D eigenvalue weighted by molar-refractivity contribution is -0.131. The molecule has 0 spiro atoms. The molecular weight excluding hydrogens is 176 g/mol. The topological polar surface area (TPSA) is 32.3 Å². The van der Waals surface area contributed by atoms with Crippen LogP contribution >= 0.6 is 0 Å². The van der Waals surface area contributed by atoms with E-state index in [1.807, 2.05) is 11.9 Å². The Labute approximate surface area is 85.8 Å². The predicted octanol–water partition coefficient (Wildman–Crippen LogP) is 0.853. The molecule has 1 amide bonds. The summed E-state index contributed by atoms with van der Waals surface area (Å²) in [6.07, 6.45) is 3.58. The van der Waals surface area contributed by atoms with Crippen LogP contribution in [0.15, 0.2) is 0 Å². The van der Waals surface area contributed by atoms with Crippen LogP contribution in [0, 0.1) is 11.8 Å². The van der Waals surface area contributed by atoms with E-state index in [4.69, 9.17) is 0 Å². The van der Waals surface area contributed by atoms with E-state index in [2.05, 4.69) is 12.2 Å². The summed E-state index contributed by atoms with van der Waals surface area (Å²) in [5.41, 5.74) is 0. The first-order valence-electron chi connectivity index (χ1n) is 5.67. The molecule has 2 fully saturated rings. The summed E-state index contributed by atoms with van der Waals surface area (Å²) in [7, 11) is 1.94. The predicted molar refractivity (Wildman–Crippen MR) is 55.9 cm³/mol. The number of likely N-dealkylation sites (N-methyl/N-ethyl adjacent to an activating group) is 1. The highest BCUT2D eigenvalue weighted by atomic mass is 16.2. The number of hydrogen-bond donors (Lipinski definition) is 1. The molecule has 1 saturated carbocycles. The molecule has 3 heteroatoms. The standard InChI is InChI=1S/C11H20N2O/c1-8-6-10(8)11(14)13(2)7-9-4-3-5-12-9/h8-10,12H,3-7H2,1-2H3. The monoisotopic (exact) mass is 196 g/mol. The van der Waals surface area contributed by atoms with Gasteiger partial charge in [0, 0.05) is 25.6 Å². The van der Waals surface area contributed by atoms with Crippen LogP contribution in [-0.2, 0) is 4.79 Å². The van der Waals surface area contributed by atoms with Crippen molar-refractivity contribution in [1.82, 2.24) is 10.2 Å². The van der Waals surface area contributed by atoms with Crippen molar-refractivity contribution in [2.45, 2.75) is 32.2 Å². The van der Waals surface area contributed by atoms with Gasteiger partial charge in [-0.2, -0.15) is 0 Å². The van der Waals surface area contributed by atoms with Gasteiger partial charge in [-0.15, -0.1) is 0 Å². The van der Waals surface area contributed by atoms with Gasteiger partial charge < -0.3 is 10.2 Å². The smallest absolute Gasteiger partial charge is 0.225 e. The van der Waals surface area contributed by atoms with Gasteiger partial charge >= 0.3 is 0 Å². The molecule has 0 radical (unpaired) electrons. The van der Waals surface area contributed by atoms with Crippen molar-refractivity contribution in [3.05, 3.63) is 0 Å². The Bertz CT molecular complexity index is 223. The lowest BCUT2D eigenvalue weighted by atomic mass is 10.2. The lowest BCUT2D eigenvalue weighted by Crippen LogP contribution is -2.39. The molecule has 1 aliphatic heterocycles. The molecule has 3 nitrogen and oxygen atoms in total. The SMILES string of the molecule is CC1CC1C(=O)N(C)CC1CCCN1. The van der Waals surface area contributed by atoms with E-state index in [-0.39, 0.29) is 0 Å². The molecule has 80 valence electrons. The average Bonchev–Trinajstić information content (AvgIpc) is 2.65. The summed E-state index contributed by atoms with van der Waals surface area (Å²) in [6.45, 7) is 4.17. The molecule has 0 aromatic carbocycles. The van der Waals surface area contributed by atoms with Gasteiger partial charge in [-0.05, 0) is 31.7 Å². The van der Waals surface area contributed by atoms with Crippen LogP contribution in [0.1, 0.15) is 26.2 Å². The van der Waals surface area contributed by atoms with E-state index in [0.717, 1.165) is 19.5 Å². The van der Waals surface area contributed by atoms with E-state index in [1.54, 1.807) is 0 Å². The van der Waals surface area contributed by atoms with Crippen LogP contribution in [0.2, 0.25) is 0 Å². The number of carbonyl (C=O) groups excluding carboxylic acids is 1. The van der Waals surface area contributed by atoms with Crippen molar-refractivity contribution >= 4 is 5.91 Å². The Hall–Kier alpha value is -0.570. The van der Waals surface area contributed by atoms with Crippen LogP contribution in [-0.4, -0.2) is 37.0 Å². The molecule has 1 N–H and O–H groups in total. The van der Waals surface area contributed by atoms with Gasteiger partial charge in [0.2, 0.25) is 5.91 Å². The van der Waals surface area contributed by atoms with Crippen molar-refractivity contribution in [1.29, 1.82) is 0 Å². The van der Waals surface area contributed by atoms with Crippen LogP contribution in [0.4, 0.5) is 0 Å². The van der Waals surface area contributed by atoms with Crippen LogP contribution in [0.3, 0.4) is 0 Å². The van der Waals surface area contributed by atoms with Gasteiger partial charge in [-0.25, -0.2) is 0 Å². The number of nitrogens with zero attached hydrogens (tertiary/aromatic N) is 1. The van der Waals surface area contributed by atoms with E-state index >= 15 is 0 Å². The van der Waals surface area contributed by atoms with E-state index in [1.165, 1.54) is 12.8 Å². The Balaban J connectivity index is 1.76. The van der Waals surface area contributed by atoms with Crippen molar-refractivity contribution in [3.8, 4) is 0 Å². The Morgan fingerprint density at radius 3 is 2.79 bits per heavy atom. The zero-order valence-electron chi connectivity index (χ0n) is 9.12. The number of hydrogen-bond acceptors (Lipinski definition) is 2. The minimum absolute atomic E-state index is 0.335. The minimum atomic E-state index is 0.335. The molecule has 3 unspecified atom stereocenters. The second-order valence-electron chi connectivity index (χ2n) is 4.83. The van der Waals surface area contributed by atoms with Crippen molar-refractivity contribution in [2.24, 2.45) is 11.8 Å². The van der Waals surface area contributed by atoms with Crippen molar-refractivity contribution in [3.63, 3.8) is 0 Å². The highest BCUT2D eigenvalue weighted by Gasteiger charge is 2.40. The third kappa shape index (κ3) is 2.08. The summed E-state index contributed by atoms with van der Waals surface area (Å²) in [6, 6.07) is 0.540. The summed E-state index contributed by atoms with van der Waals surface area (Å²) in [4.78, 5) is 13.7. The maximum atomic E-state index is 11.8. The Morgan fingerprint density at radius 1 is 1.57 bits per heavy atom. The van der Waals surface area contributed by atoms with Gasteiger partial charge in [0.25, 0.3) is 0 Å². The van der Waals surface area contributed by atoms with Gasteiger partial charge in [0.05, 0.1) is 0 Å². The van der Waals surface area contributed by atoms with Crippen LogP contribution < -0.4 is 5.32 Å². The molecule has 2 rings (SSSR count). The molecule has 0 aromatic heterocycles. The lowest BCUT2D eigenvalue weighted by Gasteiger charge is -2.21. The maximum Gasteiger partial charge on any atom is 0.225 e. The highest BCUT2D eigenvalue weighted by molar-refractivity contribution is 5.81. The van der Waals surface area contributed by atoms with Crippen molar-refractivity contribution < 1.29 is 4.79 Å². The first-order valence-corrected chi connectivity index (χ1v) is 5.67. The molecule has 2 aliphatic rings. The molecule has 3 atom stereocenters. The third-order valence-electron chi connectivity index (χ3n) is 3.46. The highest BCUT2D eigenvalue weighted by Crippen LogP contribution is 2.38. The first kappa shape index (κ1) is 9.97. The van der Waals surface area contributed by atoms with Crippen LogP contribution in [0.25, 0.3) is 0 Å². The van der Waals surface area contributed by atoms with Gasteiger partial charge in [-0.3, -0.25) is 4.79 Å². The van der Waals surface area contributed by atoms with Crippen molar-refractivity contribution in [2.75, 3.05) is 20.1 Å². The number of carbonyl (C=O) groups is 1. The third-order valence-corrected chi connectivity index (χ3v) is 3.46. The summed E-state index contributed by atoms with van der Waals surface area (Å²) in [5.74, 6) is 1.31. The summed E-state index contributed by atoms with van der Waals surface area (Å²) < 4.78 is 0. The molecule has 1 heterocycles. The molecule has 1 aliphatic carbocycles. The molecule has 1 saturated heterocycles. The van der Waals surface area contributed by atoms with E-state index in [9.17, 15) is 4.79 Å². The van der Waals surface area contributed by atoms with Gasteiger partial charge in [0.1, 0.15) is 0 Å². The second-order valence-corrected chi connectivity index (χ2v) is 4.83. The zero-order chi connectivity index (χ0) is 10.1. The number of rotatable bonds is 3. The second kappa shape index (κ2) is 3.89. The fourth-order valence-corrected chi connectivity index (χ4v) is 2.28. The quantitative estimate of drug-likeness (QED) is 0.726. The summed E-state index contributed by atoms with van der Waals surface area (Å²) in [5, 5.41) is 3.42. The average molecular weight is 196 g/mol. The fraction of sp³-hybridized carbons (Fsp3) is 0.909. The largest absolute Gasteiger partial charge is 0.344 e. The maximum absolute atomic E-state index is 11.8. The summed E-state index contributed by atoms with van der Waals surface area (Å²) >= 11 is 0. The van der Waals surface area contributed by atoms with E-state index < -0.39 is 0 Å². The molecular formula is C11H20N2O. The van der Waals surface area contributed by atoms with E-state index in [0.29, 0.717) is 23.8 Å². The normalized spacial score (nSPS) is 35.7. The Kier molecular flexibility index (Phi) is 2.77. The van der Waals surface area contributed by atoms with Crippen LogP contribution in [0.5, 0.6) is 0 Å². The van der Waals surface area contributed by atoms with Gasteiger partial charge in [-0.1, -0.05) is 6.92 Å². The zero-order valence-corrected chi connectivity index (χ0v) is 9.12. The van der Waals surface area contributed by atoms with Gasteiger partial charge in [0.15, 0.2) is 0 Å². The fourth-order valence-electron chi connectivity index (χ4n) is 2.28. The first-order chi connectivity index (χ1) is 6.68. The number of amides is 1. The Morgan fingerprint density at radius 2 is 2.29 bits per heavy atom. The number of nitrogens with one attached hydrogen (secondary N) is 1. The molecule has 0 aromatic rings. The molecule has 14 heavy (non-hydrogen) atoms. The molecule has 0 bridgehead atoms.